The number of amides is 1. The summed E-state index contributed by atoms with van der Waals surface area (Å²) in [7, 11) is 3.22. The Morgan fingerprint density at radius 2 is 1.86 bits per heavy atom. The number of methoxy groups -OCH3 is 2. The van der Waals surface area contributed by atoms with Gasteiger partial charge in [0.15, 0.2) is 11.5 Å². The first-order chi connectivity index (χ1) is 9.85. The summed E-state index contributed by atoms with van der Waals surface area (Å²) < 4.78 is 10.6. The van der Waals surface area contributed by atoms with Crippen LogP contribution in [0, 0.1) is 5.92 Å². The molecule has 1 amide bonds. The fourth-order valence-corrected chi connectivity index (χ4v) is 1.95. The summed E-state index contributed by atoms with van der Waals surface area (Å²) in [6.45, 7) is 6.84. The van der Waals surface area contributed by atoms with E-state index < -0.39 is 0 Å². The van der Waals surface area contributed by atoms with Gasteiger partial charge in [-0.1, -0.05) is 26.8 Å². The fraction of sp³-hybridized carbons (Fsp3) is 0.562. The zero-order valence-electron chi connectivity index (χ0n) is 13.9. The van der Waals surface area contributed by atoms with Crippen LogP contribution in [0.2, 0.25) is 0 Å². The van der Waals surface area contributed by atoms with E-state index in [1.54, 1.807) is 14.2 Å². The summed E-state index contributed by atoms with van der Waals surface area (Å²) >= 11 is 0. The van der Waals surface area contributed by atoms with E-state index in [0.717, 1.165) is 5.56 Å². The molecule has 1 atom stereocenters. The highest BCUT2D eigenvalue weighted by Gasteiger charge is 2.24. The molecule has 1 aromatic carbocycles. The molecule has 3 N–H and O–H groups in total. The molecule has 0 fully saturated rings. The predicted octanol–water partition coefficient (Wildman–Crippen LogP) is 2.11. The third-order valence-electron chi connectivity index (χ3n) is 3.67. The van der Waals surface area contributed by atoms with Gasteiger partial charge in [-0.2, -0.15) is 0 Å². The van der Waals surface area contributed by atoms with Crippen LogP contribution in [0.15, 0.2) is 18.2 Å². The number of carbonyl (C=O) groups is 1. The highest BCUT2D eigenvalue weighted by atomic mass is 35.5. The van der Waals surface area contributed by atoms with E-state index in [2.05, 4.69) is 19.2 Å². The van der Waals surface area contributed by atoms with E-state index in [1.165, 1.54) is 0 Å². The fourth-order valence-electron chi connectivity index (χ4n) is 1.95. The lowest BCUT2D eigenvalue weighted by atomic mass is 9.84. The first-order valence-electron chi connectivity index (χ1n) is 7.06. The Morgan fingerprint density at radius 3 is 2.36 bits per heavy atom. The van der Waals surface area contributed by atoms with Gasteiger partial charge >= 0.3 is 0 Å². The minimum atomic E-state index is -0.219. The Labute approximate surface area is 139 Å². The van der Waals surface area contributed by atoms with Crippen LogP contribution in [-0.2, 0) is 10.2 Å². The molecule has 1 aromatic rings. The Bertz CT molecular complexity index is 492. The van der Waals surface area contributed by atoms with Gasteiger partial charge in [-0.3, -0.25) is 4.79 Å². The average Bonchev–Trinajstić information content (AvgIpc) is 2.50. The maximum Gasteiger partial charge on any atom is 0.224 e. The third-order valence-corrected chi connectivity index (χ3v) is 3.67. The van der Waals surface area contributed by atoms with Crippen molar-refractivity contribution in [3.63, 3.8) is 0 Å². The van der Waals surface area contributed by atoms with Gasteiger partial charge in [0, 0.05) is 24.4 Å². The second kappa shape index (κ2) is 8.86. The molecule has 0 spiro atoms. The number of benzene rings is 1. The first-order valence-corrected chi connectivity index (χ1v) is 7.06. The minimum absolute atomic E-state index is 0. The monoisotopic (exact) mass is 330 g/mol. The van der Waals surface area contributed by atoms with Crippen molar-refractivity contribution in [1.29, 1.82) is 0 Å². The molecule has 0 bridgehead atoms. The number of halogens is 1. The van der Waals surface area contributed by atoms with Crippen molar-refractivity contribution in [3.05, 3.63) is 23.8 Å². The summed E-state index contributed by atoms with van der Waals surface area (Å²) in [5.74, 6) is 1.18. The summed E-state index contributed by atoms with van der Waals surface area (Å²) in [5.41, 5.74) is 6.35. The van der Waals surface area contributed by atoms with Gasteiger partial charge in [0.2, 0.25) is 5.91 Å². The Kier molecular flexibility index (Phi) is 8.27. The SMILES string of the molecule is COc1ccc(C(C)(C)CNC(=O)C(C)CN)cc1OC.Cl. The molecule has 0 saturated carbocycles. The molecule has 0 heterocycles. The first kappa shape index (κ1) is 20.5. The summed E-state index contributed by atoms with van der Waals surface area (Å²) in [5, 5.41) is 2.95. The van der Waals surface area contributed by atoms with E-state index in [4.69, 9.17) is 15.2 Å². The molecule has 0 radical (unpaired) electrons. The van der Waals surface area contributed by atoms with Gasteiger partial charge in [0.1, 0.15) is 0 Å². The summed E-state index contributed by atoms with van der Waals surface area (Å²) in [6.07, 6.45) is 0. The van der Waals surface area contributed by atoms with Crippen LogP contribution in [0.3, 0.4) is 0 Å². The average molecular weight is 331 g/mol. The number of nitrogens with two attached hydrogens (primary N) is 1. The van der Waals surface area contributed by atoms with Crippen molar-refractivity contribution in [2.24, 2.45) is 11.7 Å². The molecule has 0 aromatic heterocycles. The molecule has 0 aliphatic carbocycles. The Hall–Kier alpha value is -1.46. The number of ether oxygens (including phenoxy) is 2. The van der Waals surface area contributed by atoms with Gasteiger partial charge in [-0.05, 0) is 17.7 Å². The standard InChI is InChI=1S/C16H26N2O3.ClH/c1-11(9-17)15(19)18-10-16(2,3)12-6-7-13(20-4)14(8-12)21-5;/h6-8,11H,9-10,17H2,1-5H3,(H,18,19);1H. The van der Waals surface area contributed by atoms with Crippen LogP contribution in [0.25, 0.3) is 0 Å². The molecule has 0 aliphatic rings. The van der Waals surface area contributed by atoms with Crippen LogP contribution in [-0.4, -0.2) is 33.2 Å². The Morgan fingerprint density at radius 1 is 1.27 bits per heavy atom. The minimum Gasteiger partial charge on any atom is -0.493 e. The lowest BCUT2D eigenvalue weighted by molar-refractivity contribution is -0.124. The molecule has 1 unspecified atom stereocenters. The highest BCUT2D eigenvalue weighted by Crippen LogP contribution is 2.32. The highest BCUT2D eigenvalue weighted by molar-refractivity contribution is 5.85. The number of hydrogen-bond donors (Lipinski definition) is 2. The molecule has 5 nitrogen and oxygen atoms in total. The number of carbonyl (C=O) groups excluding carboxylic acids is 1. The lowest BCUT2D eigenvalue weighted by Crippen LogP contribution is -2.40. The van der Waals surface area contributed by atoms with Crippen LogP contribution < -0.4 is 20.5 Å². The number of nitrogens with one attached hydrogen (secondary N) is 1. The van der Waals surface area contributed by atoms with E-state index >= 15 is 0 Å². The van der Waals surface area contributed by atoms with Gasteiger partial charge < -0.3 is 20.5 Å². The lowest BCUT2D eigenvalue weighted by Gasteiger charge is -2.27. The van der Waals surface area contributed by atoms with E-state index in [-0.39, 0.29) is 29.6 Å². The number of hydrogen-bond acceptors (Lipinski definition) is 4. The quantitative estimate of drug-likeness (QED) is 0.803. The predicted molar refractivity (Wildman–Crippen MR) is 91.0 cm³/mol. The molecule has 6 heteroatoms. The summed E-state index contributed by atoms with van der Waals surface area (Å²) in [6, 6.07) is 5.80. The Balaban J connectivity index is 0.00000441. The number of rotatable bonds is 7. The van der Waals surface area contributed by atoms with Gasteiger partial charge in [0.05, 0.1) is 14.2 Å². The normalized spacial score (nSPS) is 12.1. The van der Waals surface area contributed by atoms with Gasteiger partial charge in [-0.25, -0.2) is 0 Å². The molecular weight excluding hydrogens is 304 g/mol. The molecule has 126 valence electrons. The van der Waals surface area contributed by atoms with Crippen LogP contribution >= 0.6 is 12.4 Å². The van der Waals surface area contributed by atoms with Crippen molar-refractivity contribution < 1.29 is 14.3 Å². The smallest absolute Gasteiger partial charge is 0.224 e. The van der Waals surface area contributed by atoms with Crippen molar-refractivity contribution in [1.82, 2.24) is 5.32 Å². The molecule has 0 aliphatic heterocycles. The van der Waals surface area contributed by atoms with Gasteiger partial charge in [-0.15, -0.1) is 12.4 Å². The van der Waals surface area contributed by atoms with E-state index in [9.17, 15) is 4.79 Å². The van der Waals surface area contributed by atoms with Crippen molar-refractivity contribution in [2.75, 3.05) is 27.3 Å². The second-order valence-electron chi connectivity index (χ2n) is 5.81. The van der Waals surface area contributed by atoms with Crippen LogP contribution in [0.1, 0.15) is 26.3 Å². The maximum absolute atomic E-state index is 11.8. The van der Waals surface area contributed by atoms with E-state index in [1.807, 2.05) is 25.1 Å². The van der Waals surface area contributed by atoms with Crippen LogP contribution in [0.5, 0.6) is 11.5 Å². The molecule has 22 heavy (non-hydrogen) atoms. The topological polar surface area (TPSA) is 73.6 Å². The third kappa shape index (κ3) is 5.07. The molecular formula is C16H27ClN2O3. The van der Waals surface area contributed by atoms with Gasteiger partial charge in [0.25, 0.3) is 0 Å². The molecule has 1 rings (SSSR count). The molecule has 0 saturated heterocycles. The van der Waals surface area contributed by atoms with Crippen molar-refractivity contribution >= 4 is 18.3 Å². The summed E-state index contributed by atoms with van der Waals surface area (Å²) in [4.78, 5) is 11.8. The maximum atomic E-state index is 11.8. The van der Waals surface area contributed by atoms with Crippen molar-refractivity contribution in [3.8, 4) is 11.5 Å². The van der Waals surface area contributed by atoms with Crippen molar-refractivity contribution in [2.45, 2.75) is 26.2 Å². The van der Waals surface area contributed by atoms with Crippen LogP contribution in [0.4, 0.5) is 0 Å². The second-order valence-corrected chi connectivity index (χ2v) is 5.81. The zero-order chi connectivity index (χ0) is 16.0. The van der Waals surface area contributed by atoms with E-state index in [0.29, 0.717) is 24.6 Å². The largest absolute Gasteiger partial charge is 0.493 e. The zero-order valence-corrected chi connectivity index (χ0v) is 14.8.